The molecule has 0 unspecified atom stereocenters. The molecule has 1 aromatic heterocycles. The largest absolute Gasteiger partial charge is 0.366 e. The third-order valence-electron chi connectivity index (χ3n) is 3.42. The summed E-state index contributed by atoms with van der Waals surface area (Å²) in [5.74, 6) is -0.839. The van der Waals surface area contributed by atoms with Crippen LogP contribution in [0.3, 0.4) is 0 Å². The summed E-state index contributed by atoms with van der Waals surface area (Å²) in [6.07, 6.45) is 0. The van der Waals surface area contributed by atoms with Crippen molar-refractivity contribution in [2.75, 3.05) is 5.32 Å². The lowest BCUT2D eigenvalue weighted by Crippen LogP contribution is -2.15. The van der Waals surface area contributed by atoms with Gasteiger partial charge in [-0.25, -0.2) is 0 Å². The van der Waals surface area contributed by atoms with Crippen LogP contribution in [0.2, 0.25) is 0 Å². The van der Waals surface area contributed by atoms with Crippen LogP contribution in [0.15, 0.2) is 48.5 Å². The van der Waals surface area contributed by atoms with E-state index in [1.54, 1.807) is 18.2 Å². The van der Waals surface area contributed by atoms with E-state index < -0.39 is 5.91 Å². The van der Waals surface area contributed by atoms with Gasteiger partial charge in [-0.3, -0.25) is 9.59 Å². The number of benzene rings is 2. The molecular formula is C17H15N3O2. The minimum Gasteiger partial charge on any atom is -0.366 e. The van der Waals surface area contributed by atoms with Crippen molar-refractivity contribution in [1.29, 1.82) is 0 Å². The lowest BCUT2D eigenvalue weighted by atomic mass is 10.1. The van der Waals surface area contributed by atoms with Crippen LogP contribution in [0, 0.1) is 6.92 Å². The number of anilines is 1. The standard InChI is InChI=1S/C17H15N3O2/c1-10-7-13-9-14(5-6-15(13)19-10)20-17(22)12-4-2-3-11(8-12)16(18)21/h2-9,19H,1H3,(H2,18,21)(H,20,22). The molecule has 22 heavy (non-hydrogen) atoms. The second-order valence-electron chi connectivity index (χ2n) is 5.15. The highest BCUT2D eigenvalue weighted by Crippen LogP contribution is 2.20. The molecule has 1 heterocycles. The summed E-state index contributed by atoms with van der Waals surface area (Å²) in [6, 6.07) is 14.0. The molecule has 0 aliphatic heterocycles. The number of H-pyrrole nitrogens is 1. The number of aromatic amines is 1. The predicted octanol–water partition coefficient (Wildman–Crippen LogP) is 2.83. The number of aromatic nitrogens is 1. The van der Waals surface area contributed by atoms with E-state index in [0.29, 0.717) is 16.8 Å². The van der Waals surface area contributed by atoms with Crippen molar-refractivity contribution in [3.05, 3.63) is 65.4 Å². The van der Waals surface area contributed by atoms with Gasteiger partial charge in [0.2, 0.25) is 5.91 Å². The Hall–Kier alpha value is -3.08. The van der Waals surface area contributed by atoms with Gasteiger partial charge in [0.25, 0.3) is 5.91 Å². The number of fused-ring (bicyclic) bond motifs is 1. The van der Waals surface area contributed by atoms with Crippen molar-refractivity contribution in [3.63, 3.8) is 0 Å². The molecule has 3 aromatic rings. The summed E-state index contributed by atoms with van der Waals surface area (Å²) < 4.78 is 0. The molecule has 0 saturated heterocycles. The van der Waals surface area contributed by atoms with Crippen molar-refractivity contribution in [2.24, 2.45) is 5.73 Å². The van der Waals surface area contributed by atoms with E-state index in [2.05, 4.69) is 10.3 Å². The van der Waals surface area contributed by atoms with Gasteiger partial charge in [-0.2, -0.15) is 0 Å². The van der Waals surface area contributed by atoms with Gasteiger partial charge >= 0.3 is 0 Å². The highest BCUT2D eigenvalue weighted by molar-refractivity contribution is 6.06. The van der Waals surface area contributed by atoms with E-state index in [0.717, 1.165) is 16.6 Å². The molecule has 0 radical (unpaired) electrons. The van der Waals surface area contributed by atoms with Crippen molar-refractivity contribution >= 4 is 28.4 Å². The van der Waals surface area contributed by atoms with Crippen molar-refractivity contribution < 1.29 is 9.59 Å². The van der Waals surface area contributed by atoms with Crippen LogP contribution >= 0.6 is 0 Å². The molecule has 3 rings (SSSR count). The fourth-order valence-corrected chi connectivity index (χ4v) is 2.37. The third kappa shape index (κ3) is 2.69. The number of nitrogens with two attached hydrogens (primary N) is 1. The smallest absolute Gasteiger partial charge is 0.255 e. The van der Waals surface area contributed by atoms with Gasteiger partial charge in [0.15, 0.2) is 0 Å². The summed E-state index contributed by atoms with van der Waals surface area (Å²) >= 11 is 0. The maximum atomic E-state index is 12.3. The third-order valence-corrected chi connectivity index (χ3v) is 3.42. The maximum Gasteiger partial charge on any atom is 0.255 e. The topological polar surface area (TPSA) is 88.0 Å². The van der Waals surface area contributed by atoms with E-state index in [9.17, 15) is 9.59 Å². The van der Waals surface area contributed by atoms with Crippen LogP contribution in [-0.2, 0) is 0 Å². The zero-order valence-electron chi connectivity index (χ0n) is 12.0. The van der Waals surface area contributed by atoms with Gasteiger partial charge < -0.3 is 16.0 Å². The molecular weight excluding hydrogens is 278 g/mol. The van der Waals surface area contributed by atoms with Crippen LogP contribution in [0.4, 0.5) is 5.69 Å². The molecule has 0 bridgehead atoms. The minimum absolute atomic E-state index is 0.283. The van der Waals surface area contributed by atoms with Gasteiger partial charge in [0, 0.05) is 33.4 Å². The Morgan fingerprint density at radius 3 is 2.59 bits per heavy atom. The van der Waals surface area contributed by atoms with Crippen molar-refractivity contribution in [1.82, 2.24) is 4.98 Å². The highest BCUT2D eigenvalue weighted by atomic mass is 16.2. The summed E-state index contributed by atoms with van der Waals surface area (Å²) in [6.45, 7) is 1.98. The molecule has 110 valence electrons. The molecule has 2 amide bonds. The van der Waals surface area contributed by atoms with E-state index in [4.69, 9.17) is 5.73 Å². The molecule has 0 atom stereocenters. The number of rotatable bonds is 3. The maximum absolute atomic E-state index is 12.3. The zero-order chi connectivity index (χ0) is 15.7. The lowest BCUT2D eigenvalue weighted by Gasteiger charge is -2.06. The number of aryl methyl sites for hydroxylation is 1. The Labute approximate surface area is 127 Å². The van der Waals surface area contributed by atoms with Crippen molar-refractivity contribution in [2.45, 2.75) is 6.92 Å². The van der Waals surface area contributed by atoms with Crippen LogP contribution in [0.25, 0.3) is 10.9 Å². The first-order valence-electron chi connectivity index (χ1n) is 6.83. The van der Waals surface area contributed by atoms with Gasteiger partial charge in [0.1, 0.15) is 0 Å². The first kappa shape index (κ1) is 13.9. The van der Waals surface area contributed by atoms with Gasteiger partial charge in [-0.05, 0) is 49.4 Å². The van der Waals surface area contributed by atoms with Gasteiger partial charge in [-0.1, -0.05) is 6.07 Å². The van der Waals surface area contributed by atoms with E-state index in [1.807, 2.05) is 31.2 Å². The van der Waals surface area contributed by atoms with Crippen LogP contribution in [0.1, 0.15) is 26.4 Å². The molecule has 0 fully saturated rings. The fourth-order valence-electron chi connectivity index (χ4n) is 2.37. The van der Waals surface area contributed by atoms with E-state index >= 15 is 0 Å². The molecule has 0 aliphatic rings. The first-order chi connectivity index (χ1) is 10.5. The van der Waals surface area contributed by atoms with Gasteiger partial charge in [-0.15, -0.1) is 0 Å². The number of carbonyl (C=O) groups excluding carboxylic acids is 2. The Bertz CT molecular complexity index is 880. The summed E-state index contributed by atoms with van der Waals surface area (Å²) in [5, 5.41) is 3.85. The van der Waals surface area contributed by atoms with Gasteiger partial charge in [0.05, 0.1) is 0 Å². The molecule has 2 aromatic carbocycles. The molecule has 5 nitrogen and oxygen atoms in total. The van der Waals surface area contributed by atoms with Crippen molar-refractivity contribution in [3.8, 4) is 0 Å². The Kier molecular flexibility index (Phi) is 3.39. The summed E-state index contributed by atoms with van der Waals surface area (Å²) in [5.41, 5.74) is 8.70. The Morgan fingerprint density at radius 1 is 1.05 bits per heavy atom. The normalized spacial score (nSPS) is 10.6. The zero-order valence-corrected chi connectivity index (χ0v) is 12.0. The van der Waals surface area contributed by atoms with Crippen LogP contribution in [0.5, 0.6) is 0 Å². The Morgan fingerprint density at radius 2 is 1.82 bits per heavy atom. The number of primary amides is 1. The molecule has 0 saturated carbocycles. The Balaban J connectivity index is 1.86. The molecule has 0 aliphatic carbocycles. The number of hydrogen-bond donors (Lipinski definition) is 3. The van der Waals surface area contributed by atoms with E-state index in [1.165, 1.54) is 6.07 Å². The molecule has 5 heteroatoms. The average molecular weight is 293 g/mol. The highest BCUT2D eigenvalue weighted by Gasteiger charge is 2.09. The van der Waals surface area contributed by atoms with Crippen LogP contribution < -0.4 is 11.1 Å². The monoisotopic (exact) mass is 293 g/mol. The summed E-state index contributed by atoms with van der Waals surface area (Å²) in [7, 11) is 0. The fraction of sp³-hybridized carbons (Fsp3) is 0.0588. The van der Waals surface area contributed by atoms with Crippen LogP contribution in [-0.4, -0.2) is 16.8 Å². The number of hydrogen-bond acceptors (Lipinski definition) is 2. The minimum atomic E-state index is -0.557. The number of nitrogens with one attached hydrogen (secondary N) is 2. The number of amides is 2. The number of carbonyl (C=O) groups is 2. The van der Waals surface area contributed by atoms with E-state index in [-0.39, 0.29) is 5.91 Å². The first-order valence-corrected chi connectivity index (χ1v) is 6.83. The quantitative estimate of drug-likeness (QED) is 0.693. The SMILES string of the molecule is Cc1cc2cc(NC(=O)c3cccc(C(N)=O)c3)ccc2[nH]1. The molecule has 0 spiro atoms. The second kappa shape index (κ2) is 5.37. The lowest BCUT2D eigenvalue weighted by molar-refractivity contribution is 0.1000. The molecule has 4 N–H and O–H groups in total. The average Bonchev–Trinajstić information content (AvgIpc) is 2.86. The second-order valence-corrected chi connectivity index (χ2v) is 5.15. The summed E-state index contributed by atoms with van der Waals surface area (Å²) in [4.78, 5) is 26.7. The predicted molar refractivity (Wildman–Crippen MR) is 85.9 cm³/mol.